The Morgan fingerprint density at radius 2 is 1.84 bits per heavy atom. The standard InChI is InChI=1S/C23H27N3O4S2/c1-4-6-15-26(5-2)32(28,29)18-13-11-17(12-14-18)22(27)25-23-24-20(16-31-23)19-9-7-8-10-21(19)30-3/h7-14,16H,4-6,15H2,1-3H3,(H,24,25,27). The van der Waals surface area contributed by atoms with Crippen molar-refractivity contribution in [2.75, 3.05) is 25.5 Å². The molecule has 9 heteroatoms. The summed E-state index contributed by atoms with van der Waals surface area (Å²) in [5, 5.41) is 5.07. The molecule has 0 aliphatic carbocycles. The van der Waals surface area contributed by atoms with E-state index >= 15 is 0 Å². The zero-order valence-electron chi connectivity index (χ0n) is 18.4. The van der Waals surface area contributed by atoms with Gasteiger partial charge in [0.25, 0.3) is 5.91 Å². The van der Waals surface area contributed by atoms with E-state index in [9.17, 15) is 13.2 Å². The molecular formula is C23H27N3O4S2. The number of rotatable bonds is 10. The molecule has 0 bridgehead atoms. The van der Waals surface area contributed by atoms with Crippen LogP contribution in [0, 0.1) is 0 Å². The van der Waals surface area contributed by atoms with Crippen LogP contribution in [-0.4, -0.2) is 43.8 Å². The average Bonchev–Trinajstić information content (AvgIpc) is 3.27. The highest BCUT2D eigenvalue weighted by atomic mass is 32.2. The zero-order chi connectivity index (χ0) is 23.1. The molecule has 7 nitrogen and oxygen atoms in total. The molecule has 0 unspecified atom stereocenters. The Morgan fingerprint density at radius 3 is 2.50 bits per heavy atom. The van der Waals surface area contributed by atoms with E-state index in [4.69, 9.17) is 4.74 Å². The molecule has 1 N–H and O–H groups in total. The molecule has 0 radical (unpaired) electrons. The Balaban J connectivity index is 1.72. The molecule has 170 valence electrons. The van der Waals surface area contributed by atoms with Crippen molar-refractivity contribution in [3.8, 4) is 17.0 Å². The summed E-state index contributed by atoms with van der Waals surface area (Å²) in [6.45, 7) is 4.73. The van der Waals surface area contributed by atoms with Gasteiger partial charge in [-0.1, -0.05) is 32.4 Å². The number of hydrogen-bond acceptors (Lipinski definition) is 6. The van der Waals surface area contributed by atoms with E-state index in [1.54, 1.807) is 7.11 Å². The number of methoxy groups -OCH3 is 1. The van der Waals surface area contributed by atoms with Crippen LogP contribution in [-0.2, 0) is 10.0 Å². The molecule has 1 amide bonds. The minimum absolute atomic E-state index is 0.180. The molecule has 0 saturated heterocycles. The van der Waals surface area contributed by atoms with E-state index in [2.05, 4.69) is 10.3 Å². The highest BCUT2D eigenvalue weighted by Gasteiger charge is 2.23. The van der Waals surface area contributed by atoms with Crippen LogP contribution in [0.1, 0.15) is 37.0 Å². The number of thiazole rings is 1. The number of hydrogen-bond donors (Lipinski definition) is 1. The van der Waals surface area contributed by atoms with Crippen molar-refractivity contribution >= 4 is 32.4 Å². The van der Waals surface area contributed by atoms with E-state index < -0.39 is 10.0 Å². The van der Waals surface area contributed by atoms with Gasteiger partial charge in [-0.15, -0.1) is 11.3 Å². The molecule has 32 heavy (non-hydrogen) atoms. The second-order valence-electron chi connectivity index (χ2n) is 7.07. The Morgan fingerprint density at radius 1 is 1.12 bits per heavy atom. The maximum Gasteiger partial charge on any atom is 0.257 e. The predicted molar refractivity (Wildman–Crippen MR) is 128 cm³/mol. The first kappa shape index (κ1) is 23.9. The van der Waals surface area contributed by atoms with Crippen molar-refractivity contribution in [3.63, 3.8) is 0 Å². The van der Waals surface area contributed by atoms with Crippen LogP contribution in [0.25, 0.3) is 11.3 Å². The lowest BCUT2D eigenvalue weighted by molar-refractivity contribution is 0.102. The Kier molecular flexibility index (Phi) is 8.00. The maximum atomic E-state index is 12.8. The molecule has 0 aliphatic rings. The van der Waals surface area contributed by atoms with E-state index in [0.717, 1.165) is 18.4 Å². The Labute approximate surface area is 193 Å². The van der Waals surface area contributed by atoms with Crippen molar-refractivity contribution in [1.82, 2.24) is 9.29 Å². The minimum atomic E-state index is -3.58. The summed E-state index contributed by atoms with van der Waals surface area (Å²) >= 11 is 1.31. The summed E-state index contributed by atoms with van der Waals surface area (Å²) in [6, 6.07) is 13.5. The van der Waals surface area contributed by atoms with Crippen LogP contribution in [0.4, 0.5) is 5.13 Å². The van der Waals surface area contributed by atoms with Crippen LogP contribution < -0.4 is 10.1 Å². The first-order chi connectivity index (χ1) is 15.4. The smallest absolute Gasteiger partial charge is 0.257 e. The lowest BCUT2D eigenvalue weighted by Crippen LogP contribution is -2.31. The summed E-state index contributed by atoms with van der Waals surface area (Å²) in [6.07, 6.45) is 1.72. The normalized spacial score (nSPS) is 11.5. The van der Waals surface area contributed by atoms with Gasteiger partial charge in [-0.25, -0.2) is 13.4 Å². The molecule has 0 spiro atoms. The fourth-order valence-electron chi connectivity index (χ4n) is 3.19. The summed E-state index contributed by atoms with van der Waals surface area (Å²) in [5.41, 5.74) is 1.90. The van der Waals surface area contributed by atoms with Crippen molar-refractivity contribution in [2.24, 2.45) is 0 Å². The number of ether oxygens (including phenoxy) is 1. The zero-order valence-corrected chi connectivity index (χ0v) is 20.0. The van der Waals surface area contributed by atoms with Gasteiger partial charge in [-0.05, 0) is 42.8 Å². The van der Waals surface area contributed by atoms with Crippen LogP contribution in [0.15, 0.2) is 58.8 Å². The number of nitrogens with zero attached hydrogens (tertiary/aromatic N) is 2. The molecule has 3 aromatic rings. The third-order valence-corrected chi connectivity index (χ3v) is 7.72. The van der Waals surface area contributed by atoms with Crippen molar-refractivity contribution in [1.29, 1.82) is 0 Å². The number of anilines is 1. The van der Waals surface area contributed by atoms with Gasteiger partial charge in [0.1, 0.15) is 5.75 Å². The largest absolute Gasteiger partial charge is 0.496 e. The summed E-state index contributed by atoms with van der Waals surface area (Å²) in [4.78, 5) is 17.3. The van der Waals surface area contributed by atoms with Gasteiger partial charge in [0.05, 0.1) is 17.7 Å². The number of amides is 1. The second-order valence-corrected chi connectivity index (χ2v) is 9.86. The predicted octanol–water partition coefficient (Wildman–Crippen LogP) is 4.88. The summed E-state index contributed by atoms with van der Waals surface area (Å²) < 4.78 is 32.5. The molecule has 0 saturated carbocycles. The van der Waals surface area contributed by atoms with Crippen molar-refractivity contribution < 1.29 is 17.9 Å². The van der Waals surface area contributed by atoms with E-state index in [1.165, 1.54) is 39.9 Å². The monoisotopic (exact) mass is 473 g/mol. The number of unbranched alkanes of at least 4 members (excludes halogenated alkanes) is 1. The molecule has 1 aromatic heterocycles. The SMILES string of the molecule is CCCCN(CC)S(=O)(=O)c1ccc(C(=O)Nc2nc(-c3ccccc3OC)cs2)cc1. The summed E-state index contributed by atoms with van der Waals surface area (Å²) in [5.74, 6) is 0.348. The van der Waals surface area contributed by atoms with Gasteiger partial charge in [0.15, 0.2) is 5.13 Å². The third kappa shape index (κ3) is 5.35. The minimum Gasteiger partial charge on any atom is -0.496 e. The van der Waals surface area contributed by atoms with E-state index in [0.29, 0.717) is 35.2 Å². The van der Waals surface area contributed by atoms with E-state index in [-0.39, 0.29) is 10.8 Å². The molecule has 0 aliphatic heterocycles. The highest BCUT2D eigenvalue weighted by molar-refractivity contribution is 7.89. The van der Waals surface area contributed by atoms with Crippen LogP contribution in [0.5, 0.6) is 5.75 Å². The Hall–Kier alpha value is -2.75. The van der Waals surface area contributed by atoms with E-state index in [1.807, 2.05) is 43.5 Å². The van der Waals surface area contributed by atoms with Gasteiger partial charge >= 0.3 is 0 Å². The molecule has 3 rings (SSSR count). The molecule has 1 heterocycles. The number of carbonyl (C=O) groups is 1. The average molecular weight is 474 g/mol. The van der Waals surface area contributed by atoms with Crippen molar-refractivity contribution in [2.45, 2.75) is 31.6 Å². The second kappa shape index (κ2) is 10.7. The van der Waals surface area contributed by atoms with Crippen LogP contribution >= 0.6 is 11.3 Å². The number of para-hydroxylation sites is 1. The topological polar surface area (TPSA) is 88.6 Å². The lowest BCUT2D eigenvalue weighted by Gasteiger charge is -2.20. The van der Waals surface area contributed by atoms with Gasteiger partial charge in [0.2, 0.25) is 10.0 Å². The first-order valence-electron chi connectivity index (χ1n) is 10.4. The van der Waals surface area contributed by atoms with Crippen LogP contribution in [0.2, 0.25) is 0 Å². The first-order valence-corrected chi connectivity index (χ1v) is 12.7. The quantitative estimate of drug-likeness (QED) is 0.453. The van der Waals surface area contributed by atoms with Gasteiger partial charge < -0.3 is 4.74 Å². The lowest BCUT2D eigenvalue weighted by atomic mass is 10.1. The Bertz CT molecular complexity index is 1160. The number of sulfonamides is 1. The van der Waals surface area contributed by atoms with Crippen molar-refractivity contribution in [3.05, 3.63) is 59.5 Å². The molecule has 0 atom stereocenters. The number of carbonyl (C=O) groups excluding carboxylic acids is 1. The fourth-order valence-corrected chi connectivity index (χ4v) is 5.38. The van der Waals surface area contributed by atoms with Gasteiger partial charge in [-0.2, -0.15) is 4.31 Å². The third-order valence-electron chi connectivity index (χ3n) is 4.98. The van der Waals surface area contributed by atoms with Crippen LogP contribution in [0.3, 0.4) is 0 Å². The number of nitrogens with one attached hydrogen (secondary N) is 1. The molecular weight excluding hydrogens is 446 g/mol. The molecule has 0 fully saturated rings. The molecule has 2 aromatic carbocycles. The highest BCUT2D eigenvalue weighted by Crippen LogP contribution is 2.32. The number of benzene rings is 2. The van der Waals surface area contributed by atoms with Gasteiger partial charge in [-0.3, -0.25) is 10.1 Å². The number of aromatic nitrogens is 1. The fraction of sp³-hybridized carbons (Fsp3) is 0.304. The van der Waals surface area contributed by atoms with Gasteiger partial charge in [0, 0.05) is 29.6 Å². The summed E-state index contributed by atoms with van der Waals surface area (Å²) in [7, 11) is -1.98. The maximum absolute atomic E-state index is 12.8.